The largest absolute Gasteiger partial charge is 0.450 e. The van der Waals surface area contributed by atoms with Crippen molar-refractivity contribution in [2.75, 3.05) is 45.9 Å². The molecule has 0 aromatic carbocycles. The van der Waals surface area contributed by atoms with Crippen molar-refractivity contribution < 1.29 is 9.53 Å². The van der Waals surface area contributed by atoms with Gasteiger partial charge in [0.1, 0.15) is 12.2 Å². The van der Waals surface area contributed by atoms with Crippen LogP contribution in [0.4, 0.5) is 4.79 Å². The van der Waals surface area contributed by atoms with E-state index in [0.717, 1.165) is 24.7 Å². The zero-order chi connectivity index (χ0) is 18.8. The molecule has 1 fully saturated rings. The molecule has 2 heterocycles. The molecule has 1 aromatic rings. The first-order valence-electron chi connectivity index (χ1n) is 9.12. The van der Waals surface area contributed by atoms with E-state index in [9.17, 15) is 4.79 Å². The van der Waals surface area contributed by atoms with E-state index < -0.39 is 0 Å². The van der Waals surface area contributed by atoms with Gasteiger partial charge in [0.2, 0.25) is 0 Å². The first kappa shape index (κ1) is 19.7. The van der Waals surface area contributed by atoms with E-state index in [-0.39, 0.29) is 6.09 Å². The monoisotopic (exact) mass is 363 g/mol. The summed E-state index contributed by atoms with van der Waals surface area (Å²) in [5.41, 5.74) is 0. The maximum Gasteiger partial charge on any atom is 0.409 e. The quantitative estimate of drug-likeness (QED) is 0.437. The van der Waals surface area contributed by atoms with Crippen LogP contribution in [0.25, 0.3) is 0 Å². The minimum Gasteiger partial charge on any atom is -0.450 e. The molecule has 1 saturated heterocycles. The van der Waals surface area contributed by atoms with Crippen LogP contribution in [0, 0.1) is 0 Å². The van der Waals surface area contributed by atoms with Gasteiger partial charge in [-0.1, -0.05) is 13.0 Å². The van der Waals surface area contributed by atoms with Crippen LogP contribution in [0.15, 0.2) is 24.0 Å². The number of aryl methyl sites for hydroxylation is 1. The van der Waals surface area contributed by atoms with Crippen molar-refractivity contribution >= 4 is 12.1 Å². The lowest BCUT2D eigenvalue weighted by atomic mass is 10.3. The molecule has 9 nitrogen and oxygen atoms in total. The Morgan fingerprint density at radius 2 is 2.08 bits per heavy atom. The Labute approximate surface area is 154 Å². The summed E-state index contributed by atoms with van der Waals surface area (Å²) in [5, 5.41) is 11.3. The Morgan fingerprint density at radius 1 is 1.35 bits per heavy atom. The molecule has 0 atom stereocenters. The van der Waals surface area contributed by atoms with Gasteiger partial charge in [-0.25, -0.2) is 4.79 Å². The summed E-state index contributed by atoms with van der Waals surface area (Å²) in [7, 11) is 0. The zero-order valence-electron chi connectivity index (χ0n) is 15.7. The number of amides is 1. The zero-order valence-corrected chi connectivity index (χ0v) is 15.7. The van der Waals surface area contributed by atoms with Crippen molar-refractivity contribution in [1.29, 1.82) is 0 Å². The van der Waals surface area contributed by atoms with Gasteiger partial charge in [-0.3, -0.25) is 4.99 Å². The summed E-state index contributed by atoms with van der Waals surface area (Å²) in [6, 6.07) is 0. The number of rotatable bonds is 7. The van der Waals surface area contributed by atoms with Gasteiger partial charge in [-0.2, -0.15) is 0 Å². The number of nitrogens with one attached hydrogen (secondary N) is 1. The van der Waals surface area contributed by atoms with E-state index in [2.05, 4.69) is 33.9 Å². The number of hydrogen-bond donors (Lipinski definition) is 1. The average molecular weight is 363 g/mol. The third kappa shape index (κ3) is 5.47. The fourth-order valence-electron chi connectivity index (χ4n) is 2.75. The van der Waals surface area contributed by atoms with Crippen LogP contribution in [0.3, 0.4) is 0 Å². The number of carbonyl (C=O) groups excluding carboxylic acids is 1. The summed E-state index contributed by atoms with van der Waals surface area (Å²) >= 11 is 0. The molecule has 1 aromatic heterocycles. The molecular weight excluding hydrogens is 334 g/mol. The lowest BCUT2D eigenvalue weighted by molar-refractivity contribution is 0.0914. The van der Waals surface area contributed by atoms with Gasteiger partial charge in [-0.15, -0.1) is 16.8 Å². The smallest absolute Gasteiger partial charge is 0.409 e. The second-order valence-electron chi connectivity index (χ2n) is 5.84. The maximum absolute atomic E-state index is 11.8. The molecule has 26 heavy (non-hydrogen) atoms. The van der Waals surface area contributed by atoms with Gasteiger partial charge >= 0.3 is 6.09 Å². The summed E-state index contributed by atoms with van der Waals surface area (Å²) in [5.74, 6) is 1.79. The van der Waals surface area contributed by atoms with Crippen LogP contribution >= 0.6 is 0 Å². The number of aliphatic imine (C=N–C) groups is 1. The van der Waals surface area contributed by atoms with Gasteiger partial charge in [0, 0.05) is 45.7 Å². The molecule has 1 N–H and O–H groups in total. The number of hydrogen-bond acceptors (Lipinski definition) is 5. The Kier molecular flexibility index (Phi) is 7.91. The van der Waals surface area contributed by atoms with Crippen molar-refractivity contribution in [3.8, 4) is 0 Å². The minimum absolute atomic E-state index is 0.246. The second kappa shape index (κ2) is 10.4. The molecule has 0 unspecified atom stereocenters. The topological polar surface area (TPSA) is 87.9 Å². The number of ether oxygens (including phenoxy) is 1. The van der Waals surface area contributed by atoms with Crippen LogP contribution < -0.4 is 5.32 Å². The highest BCUT2D eigenvalue weighted by atomic mass is 16.6. The van der Waals surface area contributed by atoms with Crippen molar-refractivity contribution in [2.24, 2.45) is 4.99 Å². The first-order chi connectivity index (χ1) is 12.7. The van der Waals surface area contributed by atoms with Crippen LogP contribution in [0.5, 0.6) is 0 Å². The molecular formula is C17H29N7O2. The number of piperazine rings is 1. The molecule has 144 valence electrons. The van der Waals surface area contributed by atoms with E-state index in [1.54, 1.807) is 17.3 Å². The molecule has 2 rings (SSSR count). The van der Waals surface area contributed by atoms with Crippen molar-refractivity contribution in [3.05, 3.63) is 24.8 Å². The molecule has 0 saturated carbocycles. The molecule has 1 amide bonds. The van der Waals surface area contributed by atoms with Crippen LogP contribution in [0.2, 0.25) is 0 Å². The van der Waals surface area contributed by atoms with Gasteiger partial charge in [0.15, 0.2) is 5.96 Å². The average Bonchev–Trinajstić information content (AvgIpc) is 3.12. The van der Waals surface area contributed by atoms with E-state index in [1.807, 2.05) is 11.5 Å². The fourth-order valence-corrected chi connectivity index (χ4v) is 2.75. The second-order valence-corrected chi connectivity index (χ2v) is 5.84. The van der Waals surface area contributed by atoms with Gasteiger partial charge < -0.3 is 24.4 Å². The Bertz CT molecular complexity index is 606. The summed E-state index contributed by atoms with van der Waals surface area (Å²) in [6.07, 6.45) is 4.15. The lowest BCUT2D eigenvalue weighted by Gasteiger charge is -2.35. The molecule has 0 bridgehead atoms. The first-order valence-corrected chi connectivity index (χ1v) is 9.12. The van der Waals surface area contributed by atoms with Gasteiger partial charge in [0.25, 0.3) is 0 Å². The van der Waals surface area contributed by atoms with Gasteiger partial charge in [0.05, 0.1) is 13.2 Å². The van der Waals surface area contributed by atoms with Crippen LogP contribution in [0.1, 0.15) is 19.7 Å². The Hall–Kier alpha value is -2.58. The Morgan fingerprint density at radius 3 is 2.73 bits per heavy atom. The van der Waals surface area contributed by atoms with E-state index in [0.29, 0.717) is 45.9 Å². The van der Waals surface area contributed by atoms with Crippen molar-refractivity contribution in [1.82, 2.24) is 29.9 Å². The molecule has 1 aliphatic rings. The summed E-state index contributed by atoms with van der Waals surface area (Å²) in [4.78, 5) is 20.4. The van der Waals surface area contributed by atoms with Crippen LogP contribution in [-0.4, -0.2) is 82.5 Å². The van der Waals surface area contributed by atoms with Crippen molar-refractivity contribution in [2.45, 2.75) is 26.8 Å². The SMILES string of the molecule is C=CCNC(=NCCn1cnnc1CC)N1CCN(C(=O)OCC)CC1. The highest BCUT2D eigenvalue weighted by Gasteiger charge is 2.23. The van der Waals surface area contributed by atoms with E-state index >= 15 is 0 Å². The standard InChI is InChI=1S/C17H29N7O2/c1-4-7-18-16(19-8-9-24-14-20-21-15(24)5-2)22-10-12-23(13-11-22)17(25)26-6-3/h4,14H,1,5-13H2,2-3H3,(H,18,19). The number of carbonyl (C=O) groups is 1. The molecule has 0 spiro atoms. The highest BCUT2D eigenvalue weighted by Crippen LogP contribution is 2.05. The van der Waals surface area contributed by atoms with E-state index in [1.165, 1.54) is 0 Å². The molecule has 0 aliphatic carbocycles. The number of aromatic nitrogens is 3. The third-order valence-corrected chi connectivity index (χ3v) is 4.12. The fraction of sp³-hybridized carbons (Fsp3) is 0.647. The third-order valence-electron chi connectivity index (χ3n) is 4.12. The predicted molar refractivity (Wildman–Crippen MR) is 100 cm³/mol. The highest BCUT2D eigenvalue weighted by molar-refractivity contribution is 5.80. The summed E-state index contributed by atoms with van der Waals surface area (Å²) < 4.78 is 7.09. The normalized spacial score (nSPS) is 15.1. The number of nitrogens with zero attached hydrogens (tertiary/aromatic N) is 6. The lowest BCUT2D eigenvalue weighted by Crippen LogP contribution is -2.54. The predicted octanol–water partition coefficient (Wildman–Crippen LogP) is 0.746. The summed E-state index contributed by atoms with van der Waals surface area (Å²) in [6.45, 7) is 12.7. The molecule has 0 radical (unpaired) electrons. The number of guanidine groups is 1. The van der Waals surface area contributed by atoms with E-state index in [4.69, 9.17) is 9.73 Å². The molecule has 9 heteroatoms. The maximum atomic E-state index is 11.8. The van der Waals surface area contributed by atoms with Crippen molar-refractivity contribution in [3.63, 3.8) is 0 Å². The minimum atomic E-state index is -0.246. The Balaban J connectivity index is 1.92. The van der Waals surface area contributed by atoms with Gasteiger partial charge in [-0.05, 0) is 6.92 Å². The molecule has 1 aliphatic heterocycles. The van der Waals surface area contributed by atoms with Crippen LogP contribution in [-0.2, 0) is 17.7 Å².